The van der Waals surface area contributed by atoms with Crippen LogP contribution in [0.1, 0.15) is 37.9 Å². The van der Waals surface area contributed by atoms with Crippen molar-refractivity contribution in [1.29, 1.82) is 0 Å². The van der Waals surface area contributed by atoms with E-state index in [-0.39, 0.29) is 0 Å². The lowest BCUT2D eigenvalue weighted by atomic mass is 10.1. The van der Waals surface area contributed by atoms with E-state index in [1.807, 2.05) is 0 Å². The molecule has 1 fully saturated rings. The molecule has 0 radical (unpaired) electrons. The maximum Gasteiger partial charge on any atom is 0.0834 e. The minimum atomic E-state index is 0.342. The molecule has 0 spiro atoms. The molecule has 1 N–H and O–H groups in total. The van der Waals surface area contributed by atoms with Gasteiger partial charge in [-0.05, 0) is 33.0 Å². The first-order valence-corrected chi connectivity index (χ1v) is 7.59. The van der Waals surface area contributed by atoms with Crippen LogP contribution in [0.15, 0.2) is 6.20 Å². The van der Waals surface area contributed by atoms with Gasteiger partial charge < -0.3 is 10.2 Å². The summed E-state index contributed by atoms with van der Waals surface area (Å²) in [5.41, 5.74) is 1.16. The summed E-state index contributed by atoms with van der Waals surface area (Å²) in [5.74, 6) is 0.873. The van der Waals surface area contributed by atoms with Crippen molar-refractivity contribution in [3.05, 3.63) is 16.9 Å². The third-order valence-corrected chi connectivity index (χ3v) is 3.93. The van der Waals surface area contributed by atoms with Crippen molar-refractivity contribution in [1.82, 2.24) is 20.0 Å². The van der Waals surface area contributed by atoms with Gasteiger partial charge in [0, 0.05) is 6.54 Å². The molecule has 4 nitrogen and oxygen atoms in total. The van der Waals surface area contributed by atoms with E-state index < -0.39 is 0 Å². The molecule has 0 bridgehead atoms. The van der Waals surface area contributed by atoms with E-state index in [0.29, 0.717) is 6.04 Å². The van der Waals surface area contributed by atoms with E-state index in [4.69, 9.17) is 11.6 Å². The molecule has 19 heavy (non-hydrogen) atoms. The van der Waals surface area contributed by atoms with Crippen LogP contribution in [0.25, 0.3) is 0 Å². The number of hydrogen-bond donors (Lipinski definition) is 1. The number of nitrogens with one attached hydrogen (secondary N) is 1. The summed E-state index contributed by atoms with van der Waals surface area (Å²) in [7, 11) is 4.16. The Hall–Kier alpha value is -0.580. The zero-order chi connectivity index (χ0) is 13.8. The van der Waals surface area contributed by atoms with Crippen LogP contribution < -0.4 is 5.32 Å². The number of hydrogen-bond acceptors (Lipinski definition) is 3. The molecule has 0 amide bonds. The Morgan fingerprint density at radius 3 is 2.84 bits per heavy atom. The summed E-state index contributed by atoms with van der Waals surface area (Å²) in [6.45, 7) is 4.98. The Bertz CT molecular complexity index is 398. The van der Waals surface area contributed by atoms with Crippen molar-refractivity contribution in [3.63, 3.8) is 0 Å². The van der Waals surface area contributed by atoms with Crippen LogP contribution >= 0.6 is 11.6 Å². The Balaban J connectivity index is 2.11. The van der Waals surface area contributed by atoms with Crippen LogP contribution in [-0.4, -0.2) is 41.9 Å². The molecule has 0 saturated heterocycles. The van der Waals surface area contributed by atoms with Crippen molar-refractivity contribution in [2.75, 3.05) is 27.2 Å². The van der Waals surface area contributed by atoms with E-state index in [2.05, 4.69) is 41.0 Å². The van der Waals surface area contributed by atoms with Crippen LogP contribution in [0.2, 0.25) is 5.02 Å². The van der Waals surface area contributed by atoms with Gasteiger partial charge in [-0.15, -0.1) is 0 Å². The van der Waals surface area contributed by atoms with E-state index in [1.54, 1.807) is 6.20 Å². The maximum atomic E-state index is 6.36. The van der Waals surface area contributed by atoms with Gasteiger partial charge in [0.2, 0.25) is 0 Å². The topological polar surface area (TPSA) is 33.1 Å². The number of rotatable bonds is 8. The summed E-state index contributed by atoms with van der Waals surface area (Å²) in [6.07, 6.45) is 5.70. The van der Waals surface area contributed by atoms with Crippen LogP contribution in [0.5, 0.6) is 0 Å². The summed E-state index contributed by atoms with van der Waals surface area (Å²) in [5, 5.41) is 8.80. The van der Waals surface area contributed by atoms with Crippen molar-refractivity contribution < 1.29 is 0 Å². The number of nitrogens with zero attached hydrogens (tertiary/aromatic N) is 3. The van der Waals surface area contributed by atoms with Crippen molar-refractivity contribution >= 4 is 11.6 Å². The molecule has 0 aliphatic heterocycles. The predicted molar refractivity (Wildman–Crippen MR) is 79.5 cm³/mol. The van der Waals surface area contributed by atoms with Gasteiger partial charge in [-0.1, -0.05) is 31.4 Å². The van der Waals surface area contributed by atoms with Crippen LogP contribution in [-0.2, 0) is 6.54 Å². The lowest BCUT2D eigenvalue weighted by Gasteiger charge is -2.21. The highest BCUT2D eigenvalue weighted by Gasteiger charge is 2.29. The lowest BCUT2D eigenvalue weighted by molar-refractivity contribution is 0.358. The van der Waals surface area contributed by atoms with Crippen molar-refractivity contribution in [2.24, 2.45) is 5.92 Å². The minimum Gasteiger partial charge on any atom is -0.309 e. The average Bonchev–Trinajstić information content (AvgIpc) is 3.09. The fraction of sp³-hybridized carbons (Fsp3) is 0.786. The van der Waals surface area contributed by atoms with E-state index >= 15 is 0 Å². The zero-order valence-electron chi connectivity index (χ0n) is 12.2. The third kappa shape index (κ3) is 4.20. The SMILES string of the molecule is CCNC(CC1CC1)c1c(Cl)cnn1CCN(C)C. The molecule has 2 rings (SSSR count). The predicted octanol–water partition coefficient (Wildman–Crippen LogP) is 2.55. The van der Waals surface area contributed by atoms with Crippen molar-refractivity contribution in [2.45, 2.75) is 38.8 Å². The van der Waals surface area contributed by atoms with Crippen LogP contribution in [0.4, 0.5) is 0 Å². The van der Waals surface area contributed by atoms with Gasteiger partial charge in [-0.2, -0.15) is 5.10 Å². The molecule has 1 aliphatic carbocycles. The fourth-order valence-electron chi connectivity index (χ4n) is 2.42. The number of halogens is 1. The van der Waals surface area contributed by atoms with Gasteiger partial charge in [0.1, 0.15) is 0 Å². The Labute approximate surface area is 121 Å². The summed E-state index contributed by atoms with van der Waals surface area (Å²) in [4.78, 5) is 2.17. The molecule has 1 aliphatic rings. The minimum absolute atomic E-state index is 0.342. The molecule has 1 heterocycles. The molecule has 1 saturated carbocycles. The molecular weight excluding hydrogens is 260 g/mol. The number of likely N-dealkylation sites (N-methyl/N-ethyl adjacent to an activating group) is 1. The quantitative estimate of drug-likeness (QED) is 0.796. The largest absolute Gasteiger partial charge is 0.309 e. The van der Waals surface area contributed by atoms with E-state index in [1.165, 1.54) is 19.3 Å². The van der Waals surface area contributed by atoms with Crippen LogP contribution in [0.3, 0.4) is 0 Å². The van der Waals surface area contributed by atoms with E-state index in [0.717, 1.165) is 36.3 Å². The fourth-order valence-corrected chi connectivity index (χ4v) is 2.69. The molecular formula is C14H25ClN4. The summed E-state index contributed by atoms with van der Waals surface area (Å²) in [6, 6.07) is 0.342. The van der Waals surface area contributed by atoms with Gasteiger partial charge in [0.25, 0.3) is 0 Å². The average molecular weight is 285 g/mol. The molecule has 1 unspecified atom stereocenters. The third-order valence-electron chi connectivity index (χ3n) is 3.64. The van der Waals surface area contributed by atoms with Gasteiger partial charge in [-0.3, -0.25) is 4.68 Å². The smallest absolute Gasteiger partial charge is 0.0834 e. The first-order valence-electron chi connectivity index (χ1n) is 7.21. The van der Waals surface area contributed by atoms with Gasteiger partial charge in [-0.25, -0.2) is 0 Å². The highest BCUT2D eigenvalue weighted by molar-refractivity contribution is 6.31. The molecule has 1 atom stereocenters. The molecule has 5 heteroatoms. The normalized spacial score (nSPS) is 17.1. The van der Waals surface area contributed by atoms with Crippen LogP contribution in [0, 0.1) is 5.92 Å². The second-order valence-corrected chi connectivity index (χ2v) is 6.10. The Morgan fingerprint density at radius 2 is 2.26 bits per heavy atom. The molecule has 1 aromatic rings. The zero-order valence-corrected chi connectivity index (χ0v) is 13.0. The van der Waals surface area contributed by atoms with Gasteiger partial charge in [0.15, 0.2) is 0 Å². The molecule has 1 aromatic heterocycles. The first-order chi connectivity index (χ1) is 9.11. The van der Waals surface area contributed by atoms with Crippen molar-refractivity contribution in [3.8, 4) is 0 Å². The van der Waals surface area contributed by atoms with Gasteiger partial charge in [0.05, 0.1) is 29.5 Å². The second kappa shape index (κ2) is 6.73. The first kappa shape index (κ1) is 14.8. The highest BCUT2D eigenvalue weighted by atomic mass is 35.5. The number of aromatic nitrogens is 2. The summed E-state index contributed by atoms with van der Waals surface area (Å²) >= 11 is 6.36. The Kier molecular flexibility index (Phi) is 5.25. The van der Waals surface area contributed by atoms with Gasteiger partial charge >= 0.3 is 0 Å². The highest BCUT2D eigenvalue weighted by Crippen LogP contribution is 2.39. The molecule has 108 valence electrons. The maximum absolute atomic E-state index is 6.36. The Morgan fingerprint density at radius 1 is 1.53 bits per heavy atom. The second-order valence-electron chi connectivity index (χ2n) is 5.69. The standard InChI is InChI=1S/C14H25ClN4/c1-4-16-13(9-11-5-6-11)14-12(15)10-17-19(14)8-7-18(2)3/h10-11,13,16H,4-9H2,1-3H3. The monoisotopic (exact) mass is 284 g/mol. The lowest BCUT2D eigenvalue weighted by Crippen LogP contribution is -2.27. The van der Waals surface area contributed by atoms with E-state index in [9.17, 15) is 0 Å². The molecule has 0 aromatic carbocycles. The summed E-state index contributed by atoms with van der Waals surface area (Å²) < 4.78 is 2.07.